The monoisotopic (exact) mass is 563 g/mol. The summed E-state index contributed by atoms with van der Waals surface area (Å²) < 4.78 is 45.6. The standard InChI is InChI=1S/C32H32F3N3O3/c33-28-20-22(21-29(34)31(28)35)6-11-30(39)36-24-12-16-37(17-13-24)25-14-18-38(19-15-25)32(40)23-7-9-27(10-8-23)41-26-4-2-1-3-5-26/h1-11,20-21,24-25H,12-19H2,(H,36,39)/b11-6+. The number of nitrogens with one attached hydrogen (secondary N) is 1. The number of ether oxygens (including phenoxy) is 1. The SMILES string of the molecule is O=C(/C=C/c1cc(F)c(F)c(F)c1)NC1CCN(C2CCN(C(=O)c3ccc(Oc4ccccc4)cc3)CC2)CC1. The third-order valence-electron chi connectivity index (χ3n) is 7.66. The fourth-order valence-electron chi connectivity index (χ4n) is 5.41. The largest absolute Gasteiger partial charge is 0.457 e. The zero-order valence-electron chi connectivity index (χ0n) is 22.6. The molecule has 214 valence electrons. The van der Waals surface area contributed by atoms with Gasteiger partial charge in [0.2, 0.25) is 5.91 Å². The fraction of sp³-hybridized carbons (Fsp3) is 0.312. The van der Waals surface area contributed by atoms with Crippen LogP contribution in [0.4, 0.5) is 13.2 Å². The minimum atomic E-state index is -1.53. The maximum atomic E-state index is 13.4. The Hall–Kier alpha value is -4.11. The first-order chi connectivity index (χ1) is 19.9. The zero-order chi connectivity index (χ0) is 28.8. The van der Waals surface area contributed by atoms with Crippen LogP contribution in [0, 0.1) is 17.5 Å². The Morgan fingerprint density at radius 2 is 1.41 bits per heavy atom. The summed E-state index contributed by atoms with van der Waals surface area (Å²) in [6, 6.07) is 18.8. The summed E-state index contributed by atoms with van der Waals surface area (Å²) in [5.41, 5.74) is 0.717. The molecule has 0 aromatic heterocycles. The lowest BCUT2D eigenvalue weighted by molar-refractivity contribution is -0.117. The molecule has 0 atom stereocenters. The van der Waals surface area contributed by atoms with Crippen LogP contribution < -0.4 is 10.1 Å². The predicted octanol–water partition coefficient (Wildman–Crippen LogP) is 5.79. The highest BCUT2D eigenvalue weighted by Gasteiger charge is 2.30. The van der Waals surface area contributed by atoms with Crippen LogP contribution in [0.3, 0.4) is 0 Å². The Morgan fingerprint density at radius 3 is 2.05 bits per heavy atom. The highest BCUT2D eigenvalue weighted by atomic mass is 19.2. The van der Waals surface area contributed by atoms with E-state index in [-0.39, 0.29) is 23.4 Å². The normalized spacial score (nSPS) is 17.1. The van der Waals surface area contributed by atoms with Crippen molar-refractivity contribution in [3.05, 3.63) is 101 Å². The van der Waals surface area contributed by atoms with Crippen LogP contribution in [0.15, 0.2) is 72.8 Å². The van der Waals surface area contributed by atoms with E-state index in [4.69, 9.17) is 4.74 Å². The van der Waals surface area contributed by atoms with Crippen molar-refractivity contribution in [2.45, 2.75) is 37.8 Å². The van der Waals surface area contributed by atoms with Gasteiger partial charge in [0.05, 0.1) is 0 Å². The lowest BCUT2D eigenvalue weighted by Gasteiger charge is -2.41. The zero-order valence-corrected chi connectivity index (χ0v) is 22.6. The van der Waals surface area contributed by atoms with Gasteiger partial charge >= 0.3 is 0 Å². The number of benzene rings is 3. The summed E-state index contributed by atoms with van der Waals surface area (Å²) in [6.07, 6.45) is 5.83. The second kappa shape index (κ2) is 13.0. The van der Waals surface area contributed by atoms with Gasteiger partial charge in [-0.2, -0.15) is 0 Å². The van der Waals surface area contributed by atoms with E-state index in [0.717, 1.165) is 56.7 Å². The highest BCUT2D eigenvalue weighted by molar-refractivity contribution is 5.94. The second-order valence-corrected chi connectivity index (χ2v) is 10.4. The van der Waals surface area contributed by atoms with Crippen molar-refractivity contribution < 1.29 is 27.5 Å². The number of likely N-dealkylation sites (tertiary alicyclic amines) is 2. The molecule has 1 N–H and O–H groups in total. The summed E-state index contributed by atoms with van der Waals surface area (Å²) in [7, 11) is 0. The van der Waals surface area contributed by atoms with Crippen molar-refractivity contribution in [3.8, 4) is 11.5 Å². The number of piperidine rings is 2. The minimum absolute atomic E-state index is 0.000555. The minimum Gasteiger partial charge on any atom is -0.457 e. The van der Waals surface area contributed by atoms with Gasteiger partial charge in [-0.3, -0.25) is 9.59 Å². The molecule has 0 unspecified atom stereocenters. The van der Waals surface area contributed by atoms with E-state index in [1.165, 1.54) is 12.2 Å². The molecule has 2 saturated heterocycles. The summed E-state index contributed by atoms with van der Waals surface area (Å²) in [5.74, 6) is -3.03. The van der Waals surface area contributed by atoms with Crippen LogP contribution in [0.25, 0.3) is 6.08 Å². The van der Waals surface area contributed by atoms with Gasteiger partial charge < -0.3 is 19.9 Å². The summed E-state index contributed by atoms with van der Waals surface area (Å²) >= 11 is 0. The average molecular weight is 564 g/mol. The van der Waals surface area contributed by atoms with Crippen LogP contribution in [0.5, 0.6) is 11.5 Å². The van der Waals surface area contributed by atoms with Gasteiger partial charge in [0.15, 0.2) is 17.5 Å². The van der Waals surface area contributed by atoms with Crippen LogP contribution in [0.2, 0.25) is 0 Å². The first-order valence-electron chi connectivity index (χ1n) is 13.8. The number of halogens is 3. The molecule has 41 heavy (non-hydrogen) atoms. The summed E-state index contributed by atoms with van der Waals surface area (Å²) in [6.45, 7) is 3.06. The Bertz CT molecular complexity index is 1360. The smallest absolute Gasteiger partial charge is 0.253 e. The molecule has 6 nitrogen and oxygen atoms in total. The van der Waals surface area contributed by atoms with Crippen molar-refractivity contribution in [2.75, 3.05) is 26.2 Å². The Balaban J connectivity index is 1.04. The van der Waals surface area contributed by atoms with Crippen LogP contribution in [-0.4, -0.2) is 59.9 Å². The molecule has 2 fully saturated rings. The van der Waals surface area contributed by atoms with Crippen molar-refractivity contribution in [3.63, 3.8) is 0 Å². The topological polar surface area (TPSA) is 61.9 Å². The third kappa shape index (κ3) is 7.35. The average Bonchev–Trinajstić information content (AvgIpc) is 3.00. The highest BCUT2D eigenvalue weighted by Crippen LogP contribution is 2.25. The lowest BCUT2D eigenvalue weighted by Crippen LogP contribution is -2.51. The number of rotatable bonds is 7. The molecule has 5 rings (SSSR count). The fourth-order valence-corrected chi connectivity index (χ4v) is 5.41. The molecule has 0 spiro atoms. The van der Waals surface area contributed by atoms with E-state index in [1.807, 2.05) is 47.4 Å². The van der Waals surface area contributed by atoms with E-state index in [9.17, 15) is 22.8 Å². The van der Waals surface area contributed by atoms with Gasteiger partial charge in [0.1, 0.15) is 11.5 Å². The van der Waals surface area contributed by atoms with Crippen LogP contribution >= 0.6 is 0 Å². The van der Waals surface area contributed by atoms with Crippen molar-refractivity contribution >= 4 is 17.9 Å². The van der Waals surface area contributed by atoms with Crippen LogP contribution in [0.1, 0.15) is 41.6 Å². The maximum Gasteiger partial charge on any atom is 0.253 e. The maximum absolute atomic E-state index is 13.4. The van der Waals surface area contributed by atoms with Crippen molar-refractivity contribution in [2.24, 2.45) is 0 Å². The third-order valence-corrected chi connectivity index (χ3v) is 7.66. The van der Waals surface area contributed by atoms with Gasteiger partial charge in [-0.1, -0.05) is 18.2 Å². The molecule has 0 saturated carbocycles. The summed E-state index contributed by atoms with van der Waals surface area (Å²) in [4.78, 5) is 29.7. The van der Waals surface area contributed by atoms with E-state index in [0.29, 0.717) is 30.4 Å². The Labute approximate surface area is 237 Å². The molecular formula is C32H32F3N3O3. The van der Waals surface area contributed by atoms with Gasteiger partial charge in [0.25, 0.3) is 5.91 Å². The molecule has 0 radical (unpaired) electrons. The van der Waals surface area contributed by atoms with Crippen molar-refractivity contribution in [1.29, 1.82) is 0 Å². The number of carbonyl (C=O) groups excluding carboxylic acids is 2. The number of hydrogen-bond acceptors (Lipinski definition) is 4. The number of carbonyl (C=O) groups is 2. The van der Waals surface area contributed by atoms with Gasteiger partial charge in [0, 0.05) is 49.9 Å². The first kappa shape index (κ1) is 28.4. The Kier molecular flexibility index (Phi) is 9.04. The van der Waals surface area contributed by atoms with Crippen LogP contribution in [-0.2, 0) is 4.79 Å². The molecule has 2 amide bonds. The molecule has 0 aliphatic carbocycles. The van der Waals surface area contributed by atoms with Gasteiger partial charge in [-0.25, -0.2) is 13.2 Å². The molecule has 2 aliphatic rings. The number of hydrogen-bond donors (Lipinski definition) is 1. The molecular weight excluding hydrogens is 531 g/mol. The first-order valence-corrected chi connectivity index (χ1v) is 13.8. The molecule has 9 heteroatoms. The summed E-state index contributed by atoms with van der Waals surface area (Å²) in [5, 5.41) is 2.93. The van der Waals surface area contributed by atoms with Crippen molar-refractivity contribution in [1.82, 2.24) is 15.1 Å². The quantitative estimate of drug-likeness (QED) is 0.292. The molecule has 3 aromatic carbocycles. The predicted molar refractivity (Wildman–Crippen MR) is 150 cm³/mol. The van der Waals surface area contributed by atoms with E-state index >= 15 is 0 Å². The van der Waals surface area contributed by atoms with E-state index in [1.54, 1.807) is 12.1 Å². The second-order valence-electron chi connectivity index (χ2n) is 10.4. The lowest BCUT2D eigenvalue weighted by atomic mass is 9.97. The Morgan fingerprint density at radius 1 is 0.805 bits per heavy atom. The molecule has 2 aliphatic heterocycles. The number of para-hydroxylation sites is 1. The molecule has 2 heterocycles. The molecule has 0 bridgehead atoms. The van der Waals surface area contributed by atoms with Gasteiger partial charge in [-0.05, 0) is 85.9 Å². The number of nitrogens with zero attached hydrogens (tertiary/aromatic N) is 2. The van der Waals surface area contributed by atoms with E-state index in [2.05, 4.69) is 10.2 Å². The van der Waals surface area contributed by atoms with E-state index < -0.39 is 17.5 Å². The molecule has 3 aromatic rings. The van der Waals surface area contributed by atoms with Gasteiger partial charge in [-0.15, -0.1) is 0 Å². The number of amides is 2.